The third kappa shape index (κ3) is 66.2. The lowest BCUT2D eigenvalue weighted by Gasteiger charge is -2.18. The molecule has 81 heavy (non-hydrogen) atoms. The van der Waals surface area contributed by atoms with Crippen molar-refractivity contribution in [3.05, 3.63) is 134 Å². The first-order valence-electron chi connectivity index (χ1n) is 33.7. The van der Waals surface area contributed by atoms with Crippen molar-refractivity contribution in [1.82, 2.24) is 0 Å². The summed E-state index contributed by atoms with van der Waals surface area (Å²) in [5, 5.41) is 0. The molecule has 0 aliphatic rings. The van der Waals surface area contributed by atoms with Crippen LogP contribution in [0.4, 0.5) is 0 Å². The van der Waals surface area contributed by atoms with Gasteiger partial charge in [-0.15, -0.1) is 0 Å². The Labute approximate surface area is 500 Å². The van der Waals surface area contributed by atoms with E-state index in [4.69, 9.17) is 14.2 Å². The fourth-order valence-corrected chi connectivity index (χ4v) is 9.18. The van der Waals surface area contributed by atoms with Crippen LogP contribution < -0.4 is 0 Å². The van der Waals surface area contributed by atoms with Crippen molar-refractivity contribution in [2.24, 2.45) is 0 Å². The van der Waals surface area contributed by atoms with Crippen LogP contribution in [0.3, 0.4) is 0 Å². The molecule has 0 aromatic rings. The Kier molecular flexibility index (Phi) is 64.3. The van der Waals surface area contributed by atoms with Crippen LogP contribution in [-0.4, -0.2) is 37.2 Å². The summed E-state index contributed by atoms with van der Waals surface area (Å²) < 4.78 is 16.8. The van der Waals surface area contributed by atoms with Crippen LogP contribution in [0.5, 0.6) is 0 Å². The number of unbranched alkanes of at least 4 members (excludes halogenated alkanes) is 27. The molecule has 460 valence electrons. The Bertz CT molecular complexity index is 1720. The second-order valence-electron chi connectivity index (χ2n) is 22.0. The molecule has 0 aliphatic carbocycles. The summed E-state index contributed by atoms with van der Waals surface area (Å²) in [6.45, 7) is 6.34. The van der Waals surface area contributed by atoms with Gasteiger partial charge in [-0.2, -0.15) is 0 Å². The van der Waals surface area contributed by atoms with Gasteiger partial charge in [0.15, 0.2) is 6.10 Å². The van der Waals surface area contributed by atoms with Gasteiger partial charge in [-0.1, -0.05) is 302 Å². The number of carbonyl (C=O) groups is 3. The average molecular weight is 1120 g/mol. The van der Waals surface area contributed by atoms with Crippen LogP contribution in [0, 0.1) is 0 Å². The predicted octanol–water partition coefficient (Wildman–Crippen LogP) is 23.3. The highest BCUT2D eigenvalue weighted by Gasteiger charge is 2.19. The molecule has 0 bridgehead atoms. The van der Waals surface area contributed by atoms with E-state index in [2.05, 4.69) is 154 Å². The topological polar surface area (TPSA) is 78.9 Å². The van der Waals surface area contributed by atoms with Crippen molar-refractivity contribution in [3.63, 3.8) is 0 Å². The summed E-state index contributed by atoms with van der Waals surface area (Å²) >= 11 is 0. The van der Waals surface area contributed by atoms with E-state index in [9.17, 15) is 14.4 Å². The third-order valence-electron chi connectivity index (χ3n) is 14.2. The summed E-state index contributed by atoms with van der Waals surface area (Å²) in [7, 11) is 0. The highest BCUT2D eigenvalue weighted by molar-refractivity contribution is 5.71. The second kappa shape index (κ2) is 68.1. The Morgan fingerprint density at radius 3 is 0.753 bits per heavy atom. The van der Waals surface area contributed by atoms with Gasteiger partial charge in [-0.3, -0.25) is 14.4 Å². The number of esters is 3. The maximum Gasteiger partial charge on any atom is 0.306 e. The van der Waals surface area contributed by atoms with E-state index in [0.717, 1.165) is 135 Å². The van der Waals surface area contributed by atoms with E-state index in [1.807, 2.05) is 0 Å². The number of hydrogen-bond acceptors (Lipinski definition) is 6. The molecule has 0 heterocycles. The van der Waals surface area contributed by atoms with Gasteiger partial charge < -0.3 is 14.2 Å². The SMILES string of the molecule is CC/C=C\C/C=C\C/C=C\C/C=C\C/C=C\C/C=C\CCCCCCCCCCCCC(=O)OCC(COC(=O)CCCCCCC)OC(=O)CCCCCCCCCCCCCCC/C=C\C/C=C\C/C=C\C/C=C\C/C=C\CC. The van der Waals surface area contributed by atoms with E-state index in [1.165, 1.54) is 128 Å². The van der Waals surface area contributed by atoms with Gasteiger partial charge in [0.25, 0.3) is 0 Å². The van der Waals surface area contributed by atoms with Crippen molar-refractivity contribution >= 4 is 17.9 Å². The summed E-state index contributed by atoms with van der Waals surface area (Å²) in [4.78, 5) is 38.0. The molecule has 1 unspecified atom stereocenters. The van der Waals surface area contributed by atoms with Gasteiger partial charge in [0.05, 0.1) is 0 Å². The van der Waals surface area contributed by atoms with E-state index in [1.54, 1.807) is 0 Å². The zero-order valence-electron chi connectivity index (χ0n) is 52.8. The van der Waals surface area contributed by atoms with Gasteiger partial charge in [0, 0.05) is 19.3 Å². The third-order valence-corrected chi connectivity index (χ3v) is 14.2. The lowest BCUT2D eigenvalue weighted by molar-refractivity contribution is -0.167. The van der Waals surface area contributed by atoms with E-state index >= 15 is 0 Å². The lowest BCUT2D eigenvalue weighted by atomic mass is 10.0. The Hall–Kier alpha value is -4.45. The molecule has 0 spiro atoms. The molecule has 6 heteroatoms. The van der Waals surface area contributed by atoms with Gasteiger partial charge >= 0.3 is 17.9 Å². The quantitative estimate of drug-likeness (QED) is 0.0261. The largest absolute Gasteiger partial charge is 0.462 e. The summed E-state index contributed by atoms with van der Waals surface area (Å²) in [5.74, 6) is -0.896. The highest BCUT2D eigenvalue weighted by Crippen LogP contribution is 2.16. The summed E-state index contributed by atoms with van der Waals surface area (Å²) in [6, 6.07) is 0. The second-order valence-corrected chi connectivity index (χ2v) is 22.0. The van der Waals surface area contributed by atoms with Gasteiger partial charge in [-0.25, -0.2) is 0 Å². The maximum atomic E-state index is 12.9. The number of allylic oxidation sites excluding steroid dienone is 22. The fraction of sp³-hybridized carbons (Fsp3) is 0.667. The van der Waals surface area contributed by atoms with Crippen molar-refractivity contribution in [3.8, 4) is 0 Å². The monoisotopic (exact) mass is 1120 g/mol. The molecular formula is C75H124O6. The van der Waals surface area contributed by atoms with Gasteiger partial charge in [0.2, 0.25) is 0 Å². The first-order valence-corrected chi connectivity index (χ1v) is 33.7. The molecular weight excluding hydrogens is 997 g/mol. The van der Waals surface area contributed by atoms with Crippen molar-refractivity contribution in [2.45, 2.75) is 309 Å². The Morgan fingerprint density at radius 1 is 0.259 bits per heavy atom. The van der Waals surface area contributed by atoms with Crippen molar-refractivity contribution < 1.29 is 28.6 Å². The molecule has 0 amide bonds. The Balaban J connectivity index is 4.04. The lowest BCUT2D eigenvalue weighted by Crippen LogP contribution is -2.30. The van der Waals surface area contributed by atoms with Crippen molar-refractivity contribution in [1.29, 1.82) is 0 Å². The molecule has 0 aliphatic heterocycles. The predicted molar refractivity (Wildman–Crippen MR) is 353 cm³/mol. The zero-order chi connectivity index (χ0) is 58.5. The first kappa shape index (κ1) is 76.5. The molecule has 0 aromatic heterocycles. The number of ether oxygens (including phenoxy) is 3. The van der Waals surface area contributed by atoms with Gasteiger partial charge in [-0.05, 0) is 116 Å². The van der Waals surface area contributed by atoms with Crippen molar-refractivity contribution in [2.75, 3.05) is 13.2 Å². The van der Waals surface area contributed by atoms with Crippen LogP contribution in [0.25, 0.3) is 0 Å². The molecule has 0 fully saturated rings. The first-order chi connectivity index (χ1) is 40.0. The minimum Gasteiger partial charge on any atom is -0.462 e. The number of hydrogen-bond donors (Lipinski definition) is 0. The average Bonchev–Trinajstić information content (AvgIpc) is 3.47. The van der Waals surface area contributed by atoms with Crippen LogP contribution in [-0.2, 0) is 28.6 Å². The van der Waals surface area contributed by atoms with Crippen LogP contribution >= 0.6 is 0 Å². The Morgan fingerprint density at radius 2 is 0.481 bits per heavy atom. The molecule has 0 saturated carbocycles. The molecule has 0 N–H and O–H groups in total. The number of carbonyl (C=O) groups excluding carboxylic acids is 3. The van der Waals surface area contributed by atoms with E-state index in [0.29, 0.717) is 19.3 Å². The minimum atomic E-state index is -0.781. The van der Waals surface area contributed by atoms with E-state index in [-0.39, 0.29) is 31.1 Å². The standard InChI is InChI=1S/C75H124O6/c1-4-7-10-13-15-17-19-21-23-25-27-29-31-33-35-37-39-41-43-45-47-49-51-53-55-57-59-62-65-68-74(77)80-71-72(70-79-73(76)67-64-61-12-9-6-3)81-75(78)69-66-63-60-58-56-54-52-50-48-46-44-42-40-38-36-34-32-30-28-26-24-22-20-18-16-14-11-8-5-2/h7-8,10-11,15-18,21-24,27-30,33-36,39,41,72H,4-6,9,12-14,19-20,25-26,31-32,37-38,40,42-71H2,1-3H3/b10-7-,11-8-,17-15-,18-16-,23-21-,24-22-,29-27-,30-28-,35-33-,36-34-,41-39-. The summed E-state index contributed by atoms with van der Waals surface area (Å²) in [6.07, 6.45) is 96.6. The molecule has 6 nitrogen and oxygen atoms in total. The zero-order valence-corrected chi connectivity index (χ0v) is 52.8. The summed E-state index contributed by atoms with van der Waals surface area (Å²) in [5.41, 5.74) is 0. The minimum absolute atomic E-state index is 0.0813. The van der Waals surface area contributed by atoms with Crippen LogP contribution in [0.2, 0.25) is 0 Å². The number of rotatable bonds is 60. The maximum absolute atomic E-state index is 12.9. The smallest absolute Gasteiger partial charge is 0.306 e. The molecule has 0 saturated heterocycles. The molecule has 0 radical (unpaired) electrons. The molecule has 0 aromatic carbocycles. The van der Waals surface area contributed by atoms with Crippen LogP contribution in [0.15, 0.2) is 134 Å². The molecule has 0 rings (SSSR count). The highest BCUT2D eigenvalue weighted by atomic mass is 16.6. The fourth-order valence-electron chi connectivity index (χ4n) is 9.18. The molecule has 1 atom stereocenters. The van der Waals surface area contributed by atoms with E-state index < -0.39 is 6.10 Å². The van der Waals surface area contributed by atoms with Gasteiger partial charge in [0.1, 0.15) is 13.2 Å². The normalized spacial score (nSPS) is 13.0. The van der Waals surface area contributed by atoms with Crippen LogP contribution in [0.1, 0.15) is 303 Å².